The molecule has 0 radical (unpaired) electrons. The van der Waals surface area contributed by atoms with E-state index in [4.69, 9.17) is 27.4 Å². The summed E-state index contributed by atoms with van der Waals surface area (Å²) in [5.41, 5.74) is 1.35. The van der Waals surface area contributed by atoms with E-state index in [9.17, 15) is 13.2 Å². The first-order valence-electron chi connectivity index (χ1n) is 8.54. The smallest absolute Gasteiger partial charge is 0.365 e. The number of carbonyl (C=O) groups excluding carboxylic acids is 1. The van der Waals surface area contributed by atoms with Crippen molar-refractivity contribution in [3.05, 3.63) is 40.0 Å². The lowest BCUT2D eigenvalue weighted by Crippen LogP contribution is -2.37. The van der Waals surface area contributed by atoms with Crippen LogP contribution in [-0.4, -0.2) is 40.3 Å². The van der Waals surface area contributed by atoms with Crippen LogP contribution in [-0.2, 0) is 10.3 Å². The van der Waals surface area contributed by atoms with Crippen molar-refractivity contribution in [1.29, 1.82) is 0 Å². The van der Waals surface area contributed by atoms with Gasteiger partial charge in [0, 0.05) is 17.0 Å². The number of urea groups is 1. The number of carbonyl (C=O) groups is 1. The molecule has 1 fully saturated rings. The number of nitrogens with one attached hydrogen (secondary N) is 2. The second kappa shape index (κ2) is 8.10. The van der Waals surface area contributed by atoms with E-state index < -0.39 is 16.3 Å². The highest BCUT2D eigenvalue weighted by Crippen LogP contribution is 2.39. The summed E-state index contributed by atoms with van der Waals surface area (Å²) in [6.07, 6.45) is 3.86. The summed E-state index contributed by atoms with van der Waals surface area (Å²) in [4.78, 5) is 20.9. The fourth-order valence-electron chi connectivity index (χ4n) is 2.56. The zero-order valence-electron chi connectivity index (χ0n) is 15.3. The summed E-state index contributed by atoms with van der Waals surface area (Å²) in [6.45, 7) is 0. The van der Waals surface area contributed by atoms with Gasteiger partial charge < -0.3 is 4.18 Å². The maximum absolute atomic E-state index is 12.3. The van der Waals surface area contributed by atoms with Crippen LogP contribution in [0.4, 0.5) is 10.7 Å². The molecular weight excluding hydrogens is 475 g/mol. The number of aromatic nitrogens is 4. The van der Waals surface area contributed by atoms with Crippen molar-refractivity contribution in [3.63, 3.8) is 0 Å². The van der Waals surface area contributed by atoms with Crippen LogP contribution in [0.25, 0.3) is 5.65 Å². The highest BCUT2D eigenvalue weighted by molar-refractivity contribution is 7.98. The number of anilines is 1. The molecule has 0 unspecified atom stereocenters. The van der Waals surface area contributed by atoms with Crippen LogP contribution in [0.2, 0.25) is 10.0 Å². The maximum atomic E-state index is 12.3. The van der Waals surface area contributed by atoms with E-state index in [1.807, 2.05) is 6.07 Å². The molecule has 2 heterocycles. The van der Waals surface area contributed by atoms with E-state index in [1.165, 1.54) is 34.5 Å². The molecule has 2 aromatic heterocycles. The van der Waals surface area contributed by atoms with Crippen LogP contribution >= 0.6 is 35.0 Å². The first-order valence-corrected chi connectivity index (χ1v) is 11.9. The Hall–Kier alpha value is -2.28. The minimum atomic E-state index is -4.52. The standard InChI is InChI=1S/C16H14Cl2N6O4S2/c1-29-16-19-13-7-11(8-2-3-8)22-24(13)14(21-16)20-15(25)23-30(26,27)28-12-5-4-9(17)6-10(12)18/h4-8H,2-3H2,1H3,(H2,19,20,21,23,25). The number of amides is 2. The minimum Gasteiger partial charge on any atom is -0.365 e. The normalized spacial score (nSPS) is 14.0. The summed E-state index contributed by atoms with van der Waals surface area (Å²) in [6, 6.07) is 4.71. The minimum absolute atomic E-state index is 0.0217. The average Bonchev–Trinajstić information content (AvgIpc) is 3.42. The van der Waals surface area contributed by atoms with Gasteiger partial charge in [-0.3, -0.25) is 5.32 Å². The van der Waals surface area contributed by atoms with Crippen molar-refractivity contribution in [2.24, 2.45) is 0 Å². The second-order valence-electron chi connectivity index (χ2n) is 6.32. The van der Waals surface area contributed by atoms with Crippen molar-refractivity contribution in [1.82, 2.24) is 24.3 Å². The molecule has 14 heteroatoms. The topological polar surface area (TPSA) is 128 Å². The third kappa shape index (κ3) is 4.72. The zero-order chi connectivity index (χ0) is 21.5. The number of rotatable bonds is 6. The molecule has 158 valence electrons. The molecule has 1 aliphatic carbocycles. The van der Waals surface area contributed by atoms with Crippen LogP contribution in [0.1, 0.15) is 24.5 Å². The molecule has 3 aromatic rings. The van der Waals surface area contributed by atoms with Gasteiger partial charge in [0.15, 0.2) is 16.6 Å². The van der Waals surface area contributed by atoms with Gasteiger partial charge in [-0.05, 0) is 37.3 Å². The van der Waals surface area contributed by atoms with Crippen molar-refractivity contribution in [2.75, 3.05) is 11.6 Å². The molecule has 30 heavy (non-hydrogen) atoms. The van der Waals surface area contributed by atoms with E-state index in [1.54, 1.807) is 11.0 Å². The fraction of sp³-hybridized carbons (Fsp3) is 0.250. The Balaban J connectivity index is 1.53. The Morgan fingerprint density at radius 1 is 1.27 bits per heavy atom. The SMILES string of the molecule is CSc1nc(NC(=O)NS(=O)(=O)Oc2ccc(Cl)cc2Cl)n2nc(C3CC3)cc2n1. The van der Waals surface area contributed by atoms with Gasteiger partial charge in [0.25, 0.3) is 0 Å². The highest BCUT2D eigenvalue weighted by Gasteiger charge is 2.28. The molecule has 4 rings (SSSR count). The number of benzene rings is 1. The van der Waals surface area contributed by atoms with Gasteiger partial charge in [-0.1, -0.05) is 35.0 Å². The molecule has 2 amide bonds. The molecule has 1 saturated carbocycles. The predicted octanol–water partition coefficient (Wildman–Crippen LogP) is 3.48. The van der Waals surface area contributed by atoms with Crippen LogP contribution in [0.15, 0.2) is 29.4 Å². The van der Waals surface area contributed by atoms with Crippen molar-refractivity contribution < 1.29 is 17.4 Å². The number of thioether (sulfide) groups is 1. The zero-order valence-corrected chi connectivity index (χ0v) is 18.4. The summed E-state index contributed by atoms with van der Waals surface area (Å²) in [5.74, 6) is 0.203. The lowest BCUT2D eigenvalue weighted by molar-refractivity contribution is 0.255. The van der Waals surface area contributed by atoms with Crippen LogP contribution < -0.4 is 14.2 Å². The average molecular weight is 489 g/mol. The molecule has 1 aliphatic rings. The molecule has 0 spiro atoms. The molecule has 0 aliphatic heterocycles. The largest absolute Gasteiger partial charge is 0.411 e. The van der Waals surface area contributed by atoms with Crippen molar-refractivity contribution in [3.8, 4) is 5.75 Å². The molecule has 2 N–H and O–H groups in total. The Kier molecular flexibility index (Phi) is 5.66. The highest BCUT2D eigenvalue weighted by atomic mass is 35.5. The molecule has 0 bridgehead atoms. The number of halogens is 2. The number of hydrogen-bond donors (Lipinski definition) is 2. The van der Waals surface area contributed by atoms with Crippen molar-refractivity contribution in [2.45, 2.75) is 23.9 Å². The number of fused-ring (bicyclic) bond motifs is 1. The van der Waals surface area contributed by atoms with Gasteiger partial charge in [0.2, 0.25) is 5.95 Å². The van der Waals surface area contributed by atoms with Gasteiger partial charge in [-0.15, -0.1) is 0 Å². The number of hydrogen-bond acceptors (Lipinski definition) is 8. The van der Waals surface area contributed by atoms with Gasteiger partial charge in [0.05, 0.1) is 10.7 Å². The molecule has 0 saturated heterocycles. The van der Waals surface area contributed by atoms with Gasteiger partial charge in [0.1, 0.15) is 0 Å². The van der Waals surface area contributed by atoms with Crippen LogP contribution in [0, 0.1) is 0 Å². The fourth-order valence-corrected chi connectivity index (χ4v) is 4.12. The summed E-state index contributed by atoms with van der Waals surface area (Å²) < 4.78 is 32.3. The lowest BCUT2D eigenvalue weighted by atomic mass is 10.3. The third-order valence-corrected chi connectivity index (χ3v) is 5.95. The molecule has 0 atom stereocenters. The van der Waals surface area contributed by atoms with E-state index in [-0.39, 0.29) is 16.7 Å². The Labute approximate surface area is 185 Å². The van der Waals surface area contributed by atoms with E-state index in [0.29, 0.717) is 21.7 Å². The summed E-state index contributed by atoms with van der Waals surface area (Å²) in [7, 11) is -4.52. The maximum Gasteiger partial charge on any atom is 0.411 e. The first kappa shape index (κ1) is 21.0. The Morgan fingerprint density at radius 2 is 2.03 bits per heavy atom. The van der Waals surface area contributed by atoms with E-state index >= 15 is 0 Å². The Bertz CT molecular complexity index is 1250. The predicted molar refractivity (Wildman–Crippen MR) is 113 cm³/mol. The third-order valence-electron chi connectivity index (χ3n) is 4.04. The molecule has 10 nitrogen and oxygen atoms in total. The van der Waals surface area contributed by atoms with Gasteiger partial charge in [-0.25, -0.2) is 14.5 Å². The lowest BCUT2D eigenvalue weighted by Gasteiger charge is -2.11. The summed E-state index contributed by atoms with van der Waals surface area (Å²) >= 11 is 12.9. The van der Waals surface area contributed by atoms with Crippen LogP contribution in [0.5, 0.6) is 5.75 Å². The molecular formula is C16H14Cl2N6O4S2. The number of nitrogens with zero attached hydrogens (tertiary/aromatic N) is 4. The first-order chi connectivity index (χ1) is 14.2. The van der Waals surface area contributed by atoms with Crippen molar-refractivity contribution >= 4 is 62.9 Å². The van der Waals surface area contributed by atoms with Gasteiger partial charge >= 0.3 is 16.3 Å². The van der Waals surface area contributed by atoms with E-state index in [2.05, 4.69) is 20.4 Å². The quantitative estimate of drug-likeness (QED) is 0.504. The van der Waals surface area contributed by atoms with Gasteiger partial charge in [-0.2, -0.15) is 23.0 Å². The van der Waals surface area contributed by atoms with E-state index in [0.717, 1.165) is 18.5 Å². The van der Waals surface area contributed by atoms with Crippen LogP contribution in [0.3, 0.4) is 0 Å². The Morgan fingerprint density at radius 3 is 2.70 bits per heavy atom. The molecule has 1 aromatic carbocycles. The second-order valence-corrected chi connectivity index (χ2v) is 9.21. The summed E-state index contributed by atoms with van der Waals surface area (Å²) in [5, 5.41) is 7.46. The monoisotopic (exact) mass is 488 g/mol.